The number of amidine groups is 3. The zero-order valence-corrected chi connectivity index (χ0v) is 24.3. The molecule has 1 aliphatic heterocycles. The summed E-state index contributed by atoms with van der Waals surface area (Å²) in [4.78, 5) is 27.6. The van der Waals surface area contributed by atoms with Crippen molar-refractivity contribution in [2.24, 2.45) is 31.6 Å². The molecule has 0 radical (unpaired) electrons. The van der Waals surface area contributed by atoms with Gasteiger partial charge in [0.25, 0.3) is 0 Å². The Morgan fingerprint density at radius 2 is 1.85 bits per heavy atom. The largest absolute Gasteiger partial charge is 0.387 e. The molecule has 39 heavy (non-hydrogen) atoms. The lowest BCUT2D eigenvalue weighted by molar-refractivity contribution is 0.712. The normalized spacial score (nSPS) is 21.8. The third kappa shape index (κ3) is 7.78. The van der Waals surface area contributed by atoms with Crippen LogP contribution in [0.25, 0.3) is 12.2 Å². The molecule has 0 bridgehead atoms. The lowest BCUT2D eigenvalue weighted by Crippen LogP contribution is -2.09. The molecular formula is C31H42N8. The topological polar surface area (TPSA) is 106 Å². The predicted octanol–water partition coefficient (Wildman–Crippen LogP) is 6.46. The van der Waals surface area contributed by atoms with Crippen LogP contribution < -0.4 is 5.73 Å². The first-order valence-corrected chi connectivity index (χ1v) is 14.0. The summed E-state index contributed by atoms with van der Waals surface area (Å²) in [6.45, 7) is 14.2. The first-order chi connectivity index (χ1) is 19.0. The molecule has 0 spiro atoms. The van der Waals surface area contributed by atoms with Gasteiger partial charge in [0, 0.05) is 29.9 Å². The summed E-state index contributed by atoms with van der Waals surface area (Å²) >= 11 is 0. The highest BCUT2D eigenvalue weighted by atomic mass is 15.1. The first-order valence-electron chi connectivity index (χ1n) is 14.0. The van der Waals surface area contributed by atoms with Gasteiger partial charge < -0.3 is 10.3 Å². The van der Waals surface area contributed by atoms with Crippen LogP contribution in [0.15, 0.2) is 68.8 Å². The average Bonchev–Trinajstić information content (AvgIpc) is 3.72. The number of fused-ring (bicyclic) bond motifs is 1. The Balaban J connectivity index is 0.00000100. The van der Waals surface area contributed by atoms with Crippen molar-refractivity contribution in [1.82, 2.24) is 14.5 Å². The summed E-state index contributed by atoms with van der Waals surface area (Å²) in [6.07, 6.45) is 18.0. The zero-order valence-electron chi connectivity index (χ0n) is 24.3. The summed E-state index contributed by atoms with van der Waals surface area (Å²) in [7, 11) is 0. The number of aliphatic imine (C=N–C) groups is 4. The molecule has 206 valence electrons. The molecule has 8 nitrogen and oxygen atoms in total. The van der Waals surface area contributed by atoms with Crippen molar-refractivity contribution in [3.05, 3.63) is 71.6 Å². The van der Waals surface area contributed by atoms with Gasteiger partial charge in [-0.1, -0.05) is 45.9 Å². The van der Waals surface area contributed by atoms with Crippen LogP contribution in [-0.2, 0) is 6.54 Å². The van der Waals surface area contributed by atoms with Crippen LogP contribution in [0.1, 0.15) is 90.0 Å². The minimum Gasteiger partial charge on any atom is -0.387 e. The van der Waals surface area contributed by atoms with Gasteiger partial charge in [0.1, 0.15) is 17.5 Å². The van der Waals surface area contributed by atoms with Crippen LogP contribution in [0, 0.1) is 5.92 Å². The van der Waals surface area contributed by atoms with Crippen LogP contribution in [-0.4, -0.2) is 43.9 Å². The van der Waals surface area contributed by atoms with Gasteiger partial charge in [0.05, 0.1) is 23.8 Å². The highest BCUT2D eigenvalue weighted by molar-refractivity contribution is 6.07. The minimum absolute atomic E-state index is 0.302. The van der Waals surface area contributed by atoms with E-state index in [1.807, 2.05) is 59.9 Å². The first kappa shape index (κ1) is 29.6. The molecule has 2 aliphatic carbocycles. The molecular weight excluding hydrogens is 484 g/mol. The van der Waals surface area contributed by atoms with Crippen molar-refractivity contribution in [2.75, 3.05) is 0 Å². The Bertz CT molecular complexity index is 1320. The van der Waals surface area contributed by atoms with E-state index in [9.17, 15) is 0 Å². The van der Waals surface area contributed by atoms with Crippen molar-refractivity contribution >= 4 is 35.4 Å². The molecule has 0 amide bonds. The zero-order chi connectivity index (χ0) is 28.4. The second kappa shape index (κ2) is 14.3. The summed E-state index contributed by atoms with van der Waals surface area (Å²) in [5.41, 5.74) is 10.0. The van der Waals surface area contributed by atoms with Crippen LogP contribution in [0.2, 0.25) is 0 Å². The molecule has 2 N–H and O–H groups in total. The molecule has 3 heterocycles. The molecule has 2 aromatic rings. The number of nitrogens with two attached hydrogens (primary N) is 1. The standard InChI is InChI=1S/C27H30N8.2C2H6/c1-17(28)30-18(2)32-26-12-11-23(31-19(3)33-26)21-14-22(21)27-34-24-9-5-4-6-10-25(24)35(27)16-20-8-7-13-29-15-20;2*1-2/h5-13,15,21-22,26H,4,14,16H2,1-3H3,(H2,28,30,32);2*1-2H3/t21-,22-,26?;;/m1../s1. The van der Waals surface area contributed by atoms with E-state index in [4.69, 9.17) is 15.7 Å². The predicted molar refractivity (Wildman–Crippen MR) is 166 cm³/mol. The Hall–Kier alpha value is -3.94. The average molecular weight is 527 g/mol. The monoisotopic (exact) mass is 526 g/mol. The van der Waals surface area contributed by atoms with Crippen LogP contribution in [0.4, 0.5) is 0 Å². The molecule has 1 saturated carbocycles. The van der Waals surface area contributed by atoms with Gasteiger partial charge in [-0.2, -0.15) is 0 Å². The van der Waals surface area contributed by atoms with E-state index < -0.39 is 0 Å². The second-order valence-corrected chi connectivity index (χ2v) is 9.09. The maximum atomic E-state index is 5.68. The lowest BCUT2D eigenvalue weighted by atomic mass is 10.1. The maximum absolute atomic E-state index is 5.68. The van der Waals surface area contributed by atoms with E-state index in [2.05, 4.69) is 61.0 Å². The molecule has 2 aromatic heterocycles. The molecule has 0 saturated heterocycles. The fourth-order valence-electron chi connectivity index (χ4n) is 4.60. The molecule has 3 atom stereocenters. The fraction of sp³-hybridized carbons (Fsp3) is 0.419. The summed E-state index contributed by atoms with van der Waals surface area (Å²) < 4.78 is 2.34. The number of nitrogens with zero attached hydrogens (tertiary/aromatic N) is 7. The van der Waals surface area contributed by atoms with Gasteiger partial charge in [0.15, 0.2) is 6.17 Å². The van der Waals surface area contributed by atoms with Gasteiger partial charge in [-0.25, -0.2) is 25.0 Å². The number of allylic oxidation sites excluding steroid dienone is 3. The van der Waals surface area contributed by atoms with Gasteiger partial charge in [-0.05, 0) is 69.5 Å². The quantitative estimate of drug-likeness (QED) is 0.357. The molecule has 1 fully saturated rings. The Labute approximate surface area is 233 Å². The van der Waals surface area contributed by atoms with E-state index in [-0.39, 0.29) is 6.17 Å². The number of hydrogen-bond donors (Lipinski definition) is 1. The van der Waals surface area contributed by atoms with Crippen LogP contribution >= 0.6 is 0 Å². The van der Waals surface area contributed by atoms with Gasteiger partial charge in [-0.15, -0.1) is 0 Å². The van der Waals surface area contributed by atoms with E-state index >= 15 is 0 Å². The van der Waals surface area contributed by atoms with Crippen molar-refractivity contribution < 1.29 is 0 Å². The smallest absolute Gasteiger partial charge is 0.162 e. The minimum atomic E-state index is -0.351. The summed E-state index contributed by atoms with van der Waals surface area (Å²) in [5, 5.41) is 0. The number of pyridine rings is 1. The number of imidazole rings is 1. The molecule has 5 rings (SSSR count). The van der Waals surface area contributed by atoms with Crippen LogP contribution in [0.5, 0.6) is 0 Å². The van der Waals surface area contributed by atoms with E-state index in [0.29, 0.717) is 29.3 Å². The Morgan fingerprint density at radius 3 is 2.56 bits per heavy atom. The lowest BCUT2D eigenvalue weighted by Gasteiger charge is -2.11. The van der Waals surface area contributed by atoms with E-state index in [1.165, 1.54) is 0 Å². The fourth-order valence-corrected chi connectivity index (χ4v) is 4.60. The molecule has 0 aromatic carbocycles. The number of aromatic nitrogens is 3. The molecule has 8 heteroatoms. The van der Waals surface area contributed by atoms with Crippen molar-refractivity contribution in [3.63, 3.8) is 0 Å². The van der Waals surface area contributed by atoms with Gasteiger partial charge in [-0.3, -0.25) is 4.98 Å². The van der Waals surface area contributed by atoms with E-state index in [0.717, 1.165) is 47.9 Å². The SMILES string of the molecule is CC.CC.CC(N)=N/C(C)=N/C1C=CC([C@@H]2C[C@H]2c2nc3c(n2Cc2cccnc2)C=CCC=C3)=NC(C)=N1. The number of hydrogen-bond acceptors (Lipinski definition) is 5. The van der Waals surface area contributed by atoms with E-state index in [1.54, 1.807) is 13.1 Å². The Morgan fingerprint density at radius 1 is 1.08 bits per heavy atom. The number of rotatable bonds is 5. The highest BCUT2D eigenvalue weighted by Crippen LogP contribution is 2.49. The second-order valence-electron chi connectivity index (χ2n) is 9.09. The third-order valence-corrected chi connectivity index (χ3v) is 6.16. The van der Waals surface area contributed by atoms with Crippen LogP contribution in [0.3, 0.4) is 0 Å². The van der Waals surface area contributed by atoms with Gasteiger partial charge >= 0.3 is 0 Å². The Kier molecular flexibility index (Phi) is 10.8. The summed E-state index contributed by atoms with van der Waals surface area (Å²) in [5.74, 6) is 3.51. The van der Waals surface area contributed by atoms with Crippen molar-refractivity contribution in [1.29, 1.82) is 0 Å². The summed E-state index contributed by atoms with van der Waals surface area (Å²) in [6, 6.07) is 4.09. The van der Waals surface area contributed by atoms with Gasteiger partial charge in [0.2, 0.25) is 0 Å². The third-order valence-electron chi connectivity index (χ3n) is 6.16. The molecule has 1 unspecified atom stereocenters. The maximum Gasteiger partial charge on any atom is 0.162 e. The van der Waals surface area contributed by atoms with Crippen molar-refractivity contribution in [3.8, 4) is 0 Å². The molecule has 3 aliphatic rings. The highest BCUT2D eigenvalue weighted by Gasteiger charge is 2.45. The van der Waals surface area contributed by atoms with Crippen molar-refractivity contribution in [2.45, 2.75) is 79.9 Å².